The Morgan fingerprint density at radius 1 is 1.45 bits per heavy atom. The van der Waals surface area contributed by atoms with Gasteiger partial charge >= 0.3 is 12.9 Å². The van der Waals surface area contributed by atoms with E-state index >= 15 is 0 Å². The van der Waals surface area contributed by atoms with Gasteiger partial charge in [0.1, 0.15) is 6.21 Å². The minimum Gasteiger partial charge on any atom is -0.481 e. The van der Waals surface area contributed by atoms with Gasteiger partial charge in [-0.2, -0.15) is 0 Å². The highest BCUT2D eigenvalue weighted by molar-refractivity contribution is 6.57. The van der Waals surface area contributed by atoms with E-state index in [1.54, 1.807) is 24.3 Å². The van der Waals surface area contributed by atoms with Crippen LogP contribution in [0.4, 0.5) is 8.63 Å². The first-order chi connectivity index (χ1) is 9.51. The van der Waals surface area contributed by atoms with Gasteiger partial charge in [-0.3, -0.25) is 4.79 Å². The average Bonchev–Trinajstić information content (AvgIpc) is 3.02. The number of rotatable bonds is 4. The lowest BCUT2D eigenvalue weighted by Crippen LogP contribution is -2.49. The van der Waals surface area contributed by atoms with E-state index in [-0.39, 0.29) is 6.42 Å². The van der Waals surface area contributed by atoms with Crippen molar-refractivity contribution < 1.29 is 23.0 Å². The number of nitrogens with zero attached hydrogens (tertiary/aromatic N) is 2. The third-order valence-electron chi connectivity index (χ3n) is 3.66. The summed E-state index contributed by atoms with van der Waals surface area (Å²) in [4.78, 5) is 10.6. The molecule has 0 unspecified atom stereocenters. The van der Waals surface area contributed by atoms with Crippen LogP contribution in [0.25, 0.3) is 5.57 Å². The number of halogens is 2. The van der Waals surface area contributed by atoms with Crippen molar-refractivity contribution in [2.24, 2.45) is 0 Å². The third kappa shape index (κ3) is 1.81. The molecule has 20 heavy (non-hydrogen) atoms. The first-order valence-electron chi connectivity index (χ1n) is 6.46. The molecule has 2 aliphatic heterocycles. The summed E-state index contributed by atoms with van der Waals surface area (Å²) >= 11 is 0. The van der Waals surface area contributed by atoms with Crippen LogP contribution >= 0.6 is 0 Å². The zero-order valence-electron chi connectivity index (χ0n) is 10.7. The van der Waals surface area contributed by atoms with Crippen molar-refractivity contribution in [3.63, 3.8) is 0 Å². The Labute approximate surface area is 114 Å². The molecule has 104 valence electrons. The smallest absolute Gasteiger partial charge is 0.481 e. The molecule has 3 rings (SSSR count). The summed E-state index contributed by atoms with van der Waals surface area (Å²) in [7, 11) is 0. The van der Waals surface area contributed by atoms with Crippen LogP contribution in [0.1, 0.15) is 25.0 Å². The van der Waals surface area contributed by atoms with Gasteiger partial charge in [-0.1, -0.05) is 0 Å². The van der Waals surface area contributed by atoms with Crippen molar-refractivity contribution in [1.29, 1.82) is 0 Å². The first-order valence-corrected chi connectivity index (χ1v) is 6.46. The van der Waals surface area contributed by atoms with E-state index < -0.39 is 12.9 Å². The van der Waals surface area contributed by atoms with Gasteiger partial charge in [-0.15, -0.1) is 0 Å². The lowest BCUT2D eigenvalue weighted by atomic mass is 9.87. The topological polar surface area (TPSA) is 45.2 Å². The maximum atomic E-state index is 14.4. The van der Waals surface area contributed by atoms with Crippen molar-refractivity contribution in [3.8, 4) is 0 Å². The number of hydrogen-bond acceptors (Lipinski definition) is 1. The van der Waals surface area contributed by atoms with Gasteiger partial charge in [0.15, 0.2) is 5.70 Å². The molecule has 0 saturated carbocycles. The fraction of sp³-hybridized carbons (Fsp3) is 0.231. The van der Waals surface area contributed by atoms with Crippen LogP contribution in [0.15, 0.2) is 36.2 Å². The average molecular weight is 278 g/mol. The molecular weight excluding hydrogens is 265 g/mol. The van der Waals surface area contributed by atoms with Crippen molar-refractivity contribution in [1.82, 2.24) is 4.48 Å². The summed E-state index contributed by atoms with van der Waals surface area (Å²) in [5, 5.41) is 8.70. The van der Waals surface area contributed by atoms with Crippen LogP contribution < -0.4 is 0 Å². The maximum Gasteiger partial charge on any atom is 0.736 e. The van der Waals surface area contributed by atoms with E-state index in [2.05, 4.69) is 0 Å². The van der Waals surface area contributed by atoms with Gasteiger partial charge in [0, 0.05) is 29.8 Å². The van der Waals surface area contributed by atoms with Gasteiger partial charge in [0.25, 0.3) is 0 Å². The Hall–Kier alpha value is -2.18. The monoisotopic (exact) mass is 278 g/mol. The van der Waals surface area contributed by atoms with Gasteiger partial charge in [0.2, 0.25) is 0 Å². The van der Waals surface area contributed by atoms with Crippen LogP contribution in [-0.4, -0.2) is 33.2 Å². The molecule has 0 amide bonds. The second-order valence-electron chi connectivity index (χ2n) is 4.92. The van der Waals surface area contributed by atoms with Gasteiger partial charge < -0.3 is 22.7 Å². The van der Waals surface area contributed by atoms with Crippen LogP contribution in [-0.2, 0) is 4.79 Å². The number of allylic oxidation sites excluding steroid dienone is 3. The molecule has 2 aliphatic rings. The van der Waals surface area contributed by atoms with Gasteiger partial charge in [-0.05, 0) is 31.2 Å². The minimum absolute atomic E-state index is 0.0342. The zero-order chi connectivity index (χ0) is 14.3. The van der Waals surface area contributed by atoms with E-state index in [0.29, 0.717) is 24.2 Å². The number of carbonyl (C=O) groups is 1. The molecule has 0 atom stereocenters. The molecule has 4 nitrogen and oxygen atoms in total. The summed E-state index contributed by atoms with van der Waals surface area (Å²) in [6.07, 6.45) is 6.92. The highest BCUT2D eigenvalue weighted by atomic mass is 19.2. The predicted octanol–water partition coefficient (Wildman–Crippen LogP) is 2.34. The summed E-state index contributed by atoms with van der Waals surface area (Å²) < 4.78 is 30.7. The summed E-state index contributed by atoms with van der Waals surface area (Å²) in [6.45, 7) is -3.85. The normalized spacial score (nSPS) is 18.8. The highest BCUT2D eigenvalue weighted by Crippen LogP contribution is 2.36. The molecule has 0 spiro atoms. The molecule has 0 aromatic carbocycles. The van der Waals surface area contributed by atoms with E-state index in [0.717, 1.165) is 14.5 Å². The molecule has 1 N–H and O–H groups in total. The fourth-order valence-corrected chi connectivity index (χ4v) is 2.78. The quantitative estimate of drug-likeness (QED) is 0.859. The molecule has 0 fully saturated rings. The molecule has 1 aromatic heterocycles. The van der Waals surface area contributed by atoms with Crippen molar-refractivity contribution >= 4 is 24.7 Å². The third-order valence-corrected chi connectivity index (χ3v) is 3.66. The maximum absolute atomic E-state index is 14.4. The number of carboxylic acids is 1. The number of hydrogen-bond donors (Lipinski definition) is 1. The van der Waals surface area contributed by atoms with E-state index in [1.807, 2.05) is 0 Å². The molecule has 7 heteroatoms. The summed E-state index contributed by atoms with van der Waals surface area (Å²) in [5.74, 6) is -0.873. The standard InChI is InChI=1S/C13H13BF2N2O2/c15-14(16)17-8-2-5-11(17)10(4-1-7-13(19)20)12-6-3-9-18(12)14/h2-3,5-6,8-9H,1,4,7H2,(H,19,20). The number of aromatic nitrogens is 1. The van der Waals surface area contributed by atoms with Crippen LogP contribution in [0.2, 0.25) is 0 Å². The predicted molar refractivity (Wildman–Crippen MR) is 71.7 cm³/mol. The SMILES string of the molecule is O=C(O)CCCC1=C2C=CC=[N+]2[B-](F)(F)n2cccc21. The number of fused-ring (bicyclic) bond motifs is 2. The molecule has 3 heterocycles. The lowest BCUT2D eigenvalue weighted by Gasteiger charge is -2.30. The minimum atomic E-state index is -3.85. The second-order valence-corrected chi connectivity index (χ2v) is 4.92. The Bertz CT molecular complexity index is 674. The lowest BCUT2D eigenvalue weighted by molar-refractivity contribution is -0.356. The Kier molecular flexibility index (Phi) is 2.85. The summed E-state index contributed by atoms with van der Waals surface area (Å²) in [5.41, 5.74) is 1.73. The van der Waals surface area contributed by atoms with E-state index in [9.17, 15) is 13.4 Å². The largest absolute Gasteiger partial charge is 0.736 e. The van der Waals surface area contributed by atoms with Crippen molar-refractivity contribution in [3.05, 3.63) is 41.9 Å². The molecule has 1 aromatic rings. The number of carboxylic acid groups (broad SMARTS) is 1. The van der Waals surface area contributed by atoms with Crippen molar-refractivity contribution in [2.75, 3.05) is 0 Å². The zero-order valence-corrected chi connectivity index (χ0v) is 10.7. The number of aliphatic carboxylic acids is 1. The van der Waals surface area contributed by atoms with Gasteiger partial charge in [-0.25, -0.2) is 0 Å². The van der Waals surface area contributed by atoms with Crippen molar-refractivity contribution in [2.45, 2.75) is 19.3 Å². The molecule has 0 bridgehead atoms. The molecule has 0 saturated heterocycles. The molecule has 0 radical (unpaired) electrons. The van der Waals surface area contributed by atoms with Crippen LogP contribution in [0.3, 0.4) is 0 Å². The Morgan fingerprint density at radius 3 is 3.00 bits per heavy atom. The molecule has 0 aliphatic carbocycles. The van der Waals surface area contributed by atoms with Crippen LogP contribution in [0.5, 0.6) is 0 Å². The Balaban J connectivity index is 2.01. The highest BCUT2D eigenvalue weighted by Gasteiger charge is 2.50. The summed E-state index contributed by atoms with van der Waals surface area (Å²) in [6, 6.07) is 3.25. The van der Waals surface area contributed by atoms with E-state index in [1.165, 1.54) is 12.4 Å². The second kappa shape index (κ2) is 4.43. The fourth-order valence-electron chi connectivity index (χ4n) is 2.78. The van der Waals surface area contributed by atoms with Crippen LogP contribution in [0, 0.1) is 0 Å². The van der Waals surface area contributed by atoms with E-state index in [4.69, 9.17) is 5.11 Å². The first kappa shape index (κ1) is 12.8. The molecular formula is C13H13BF2N2O2. The van der Waals surface area contributed by atoms with Gasteiger partial charge in [0.05, 0.1) is 0 Å². The Morgan fingerprint density at radius 2 is 2.25 bits per heavy atom.